The molecular formula is C64H100N16O13. The van der Waals surface area contributed by atoms with Crippen LogP contribution in [0, 0.1) is 0 Å². The molecule has 0 fully saturated rings. The van der Waals surface area contributed by atoms with Gasteiger partial charge in [0.1, 0.15) is 54.8 Å². The van der Waals surface area contributed by atoms with Crippen molar-refractivity contribution in [3.05, 3.63) is 109 Å². The molecular weight excluding hydrogens is 1200 g/mol. The van der Waals surface area contributed by atoms with Crippen LogP contribution in [0.3, 0.4) is 0 Å². The van der Waals surface area contributed by atoms with Gasteiger partial charge in [-0.25, -0.2) is 0 Å². The van der Waals surface area contributed by atoms with E-state index in [0.717, 1.165) is 30.4 Å². The normalized spacial score (nSPS) is 15.4. The van der Waals surface area contributed by atoms with Crippen LogP contribution < -0.4 is 87.6 Å². The van der Waals surface area contributed by atoms with Gasteiger partial charge in [0.05, 0.1) is 30.3 Å². The lowest BCUT2D eigenvalue weighted by Crippen LogP contribution is -2.61. The van der Waals surface area contributed by atoms with Crippen LogP contribution in [0.5, 0.6) is 0 Å². The summed E-state index contributed by atoms with van der Waals surface area (Å²) < 4.78 is 0. The maximum Gasteiger partial charge on any atom is 0.251 e. The fraction of sp³-hybridized carbons (Fsp3) is 0.531. The van der Waals surface area contributed by atoms with Gasteiger partial charge in [-0.3, -0.25) is 48.5 Å². The average Bonchev–Trinajstić information content (AvgIpc) is 1.59. The third-order valence-corrected chi connectivity index (χ3v) is 15.1. The van der Waals surface area contributed by atoms with Crippen molar-refractivity contribution in [2.45, 2.75) is 176 Å². The lowest BCUT2D eigenvalue weighted by molar-refractivity contribution is -0.136. The Hall–Kier alpha value is -8.10. The third kappa shape index (κ3) is 28.3. The summed E-state index contributed by atoms with van der Waals surface area (Å²) in [6.07, 6.45) is 0.851. The van der Waals surface area contributed by atoms with Gasteiger partial charge < -0.3 is 102 Å². The first kappa shape index (κ1) is 79.1. The SMILES string of the molecule is C=CCCCCCCC(NC(=O)C(Cc1ccccc1)NC(=O)C(N)CCN)C(=O)NC(CCN)C(=O)NC(CCN)C(=O)NC(C(=O)NCCC(C=O)NC(O)C(CCN)NC(=O)C(NC(=O)C(CCN)NC(=O)c1ccc(-c2ccccc2)cc1)C(C)O)C(C)O. The van der Waals surface area contributed by atoms with E-state index >= 15 is 0 Å². The molecule has 0 spiro atoms. The number of hydrogen-bond acceptors (Lipinski definition) is 20. The fourth-order valence-electron chi connectivity index (χ4n) is 9.78. The number of rotatable bonds is 46. The zero-order chi connectivity index (χ0) is 68.8. The van der Waals surface area contributed by atoms with Gasteiger partial charge >= 0.3 is 0 Å². The molecule has 9 amide bonds. The number of amides is 9. The molecule has 0 bridgehead atoms. The molecule has 514 valence electrons. The van der Waals surface area contributed by atoms with Gasteiger partial charge in [0.2, 0.25) is 47.3 Å². The zero-order valence-corrected chi connectivity index (χ0v) is 53.3. The first-order valence-electron chi connectivity index (χ1n) is 31.6. The largest absolute Gasteiger partial charge is 0.391 e. The van der Waals surface area contributed by atoms with E-state index in [9.17, 15) is 63.3 Å². The number of allylic oxidation sites excluding steroid dienone is 1. The van der Waals surface area contributed by atoms with Gasteiger partial charge in [-0.2, -0.15) is 0 Å². The van der Waals surface area contributed by atoms with E-state index in [1.807, 2.05) is 30.3 Å². The van der Waals surface area contributed by atoms with Crippen molar-refractivity contribution in [1.29, 1.82) is 0 Å². The van der Waals surface area contributed by atoms with Crippen molar-refractivity contribution in [2.75, 3.05) is 39.3 Å². The Morgan fingerprint density at radius 1 is 0.473 bits per heavy atom. The highest BCUT2D eigenvalue weighted by Crippen LogP contribution is 2.20. The van der Waals surface area contributed by atoms with E-state index in [0.29, 0.717) is 24.7 Å². The summed E-state index contributed by atoms with van der Waals surface area (Å²) in [6.45, 7) is 5.65. The molecule has 13 atom stereocenters. The predicted octanol–water partition coefficient (Wildman–Crippen LogP) is -3.57. The Morgan fingerprint density at radius 2 is 0.925 bits per heavy atom. The molecule has 0 aliphatic carbocycles. The molecule has 0 saturated heterocycles. The Balaban J connectivity index is 1.67. The summed E-state index contributed by atoms with van der Waals surface area (Å²) in [5.41, 5.74) is 37.8. The molecule has 0 heterocycles. The molecule has 0 radical (unpaired) electrons. The van der Waals surface area contributed by atoms with Crippen LogP contribution in [-0.4, -0.2) is 193 Å². The summed E-state index contributed by atoms with van der Waals surface area (Å²) in [6, 6.07) is 12.0. The smallest absolute Gasteiger partial charge is 0.251 e. The number of carbonyl (C=O) groups is 10. The minimum Gasteiger partial charge on any atom is -0.391 e. The first-order valence-corrected chi connectivity index (χ1v) is 31.6. The third-order valence-electron chi connectivity index (χ3n) is 15.1. The number of unbranched alkanes of at least 4 members (excludes halogenated alkanes) is 4. The summed E-state index contributed by atoms with van der Waals surface area (Å²) in [4.78, 5) is 136. The van der Waals surface area contributed by atoms with Crippen molar-refractivity contribution in [3.8, 4) is 11.1 Å². The maximum atomic E-state index is 14.2. The lowest BCUT2D eigenvalue weighted by Gasteiger charge is -2.30. The molecule has 0 saturated carbocycles. The first-order chi connectivity index (χ1) is 44.5. The fourth-order valence-corrected chi connectivity index (χ4v) is 9.78. The Morgan fingerprint density at radius 3 is 1.43 bits per heavy atom. The molecule has 0 aliphatic rings. The van der Waals surface area contributed by atoms with E-state index in [4.69, 9.17) is 34.4 Å². The molecule has 25 N–H and O–H groups in total. The predicted molar refractivity (Wildman–Crippen MR) is 351 cm³/mol. The van der Waals surface area contributed by atoms with Gasteiger partial charge in [-0.1, -0.05) is 98.1 Å². The van der Waals surface area contributed by atoms with Crippen molar-refractivity contribution < 1.29 is 63.3 Å². The second kappa shape index (κ2) is 43.7. The molecule has 29 heteroatoms. The van der Waals surface area contributed by atoms with E-state index in [2.05, 4.69) is 59.7 Å². The van der Waals surface area contributed by atoms with Crippen LogP contribution in [0.2, 0.25) is 0 Å². The van der Waals surface area contributed by atoms with Crippen LogP contribution in [-0.2, 0) is 49.6 Å². The summed E-state index contributed by atoms with van der Waals surface area (Å²) in [7, 11) is 0. The minimum absolute atomic E-state index is 0.0332. The monoisotopic (exact) mass is 1300 g/mol. The number of aliphatic hydroxyl groups excluding tert-OH is 3. The molecule has 0 aliphatic heterocycles. The van der Waals surface area contributed by atoms with Gasteiger partial charge in [-0.05, 0) is 133 Å². The second-order valence-corrected chi connectivity index (χ2v) is 22.7. The van der Waals surface area contributed by atoms with Crippen molar-refractivity contribution in [2.24, 2.45) is 34.4 Å². The highest BCUT2D eigenvalue weighted by Gasteiger charge is 2.36. The highest BCUT2D eigenvalue weighted by molar-refractivity contribution is 5.99. The average molecular weight is 1300 g/mol. The number of hydrogen-bond donors (Lipinski definition) is 19. The molecule has 3 aromatic rings. The Bertz CT molecular complexity index is 2800. The quantitative estimate of drug-likeness (QED) is 0.0113. The van der Waals surface area contributed by atoms with Gasteiger partial charge in [0.15, 0.2) is 0 Å². The van der Waals surface area contributed by atoms with E-state index < -0.39 is 132 Å². The topological polar surface area (TPSA) is 508 Å². The van der Waals surface area contributed by atoms with Gasteiger partial charge in [-0.15, -0.1) is 6.58 Å². The molecule has 29 nitrogen and oxygen atoms in total. The highest BCUT2D eigenvalue weighted by atomic mass is 16.3. The van der Waals surface area contributed by atoms with Crippen molar-refractivity contribution in [1.82, 2.24) is 53.2 Å². The summed E-state index contributed by atoms with van der Waals surface area (Å²) in [5, 5.41) is 58.6. The van der Waals surface area contributed by atoms with E-state index in [-0.39, 0.29) is 96.2 Å². The number of benzene rings is 3. The lowest BCUT2D eigenvalue weighted by atomic mass is 10.0. The number of nitrogens with one attached hydrogen (secondary N) is 10. The number of aliphatic hydroxyl groups is 3. The molecule has 13 unspecified atom stereocenters. The van der Waals surface area contributed by atoms with Crippen LogP contribution >= 0.6 is 0 Å². The standard InChI is InChI=1S/C64H100N16O13/c1-4-5-6-7-8-15-20-47(74-62(91)52(37-41-16-11-9-12-17-41)78-56(85)46(70)25-31-65)58(87)75-49(27-33-67)59(88)76-51(29-35-69)61(90)79-53(39(2)82)63(92)71-36-30-45(38-81)72-57(86)48(26-32-66)77-64(93)54(40(3)83)80-60(89)50(28-34-68)73-55(84)44-23-21-43(22-24-44)42-18-13-10-14-19-42/h4,9-14,16-19,21-24,38-40,45-54,57,72,82-83,86H,1,5-8,15,20,25-37,65-70H2,2-3H3,(H,71,92)(H,73,84)(H,74,91)(H,75,87)(H,76,88)(H,77,93)(H,78,85)(H,79,90)(H,80,89). The summed E-state index contributed by atoms with van der Waals surface area (Å²) in [5.74, 6) is -7.20. The van der Waals surface area contributed by atoms with Crippen molar-refractivity contribution >= 4 is 59.5 Å². The molecule has 3 rings (SSSR count). The van der Waals surface area contributed by atoms with E-state index in [1.54, 1.807) is 60.7 Å². The number of carbonyl (C=O) groups excluding carboxylic acids is 10. The molecule has 3 aromatic carbocycles. The number of aldehydes is 1. The van der Waals surface area contributed by atoms with Crippen LogP contribution in [0.15, 0.2) is 97.6 Å². The van der Waals surface area contributed by atoms with Gasteiger partial charge in [0.25, 0.3) is 5.91 Å². The maximum absolute atomic E-state index is 14.2. The van der Waals surface area contributed by atoms with Gasteiger partial charge in [0, 0.05) is 18.5 Å². The Labute approximate surface area is 543 Å². The van der Waals surface area contributed by atoms with Crippen LogP contribution in [0.4, 0.5) is 0 Å². The summed E-state index contributed by atoms with van der Waals surface area (Å²) >= 11 is 0. The van der Waals surface area contributed by atoms with Crippen molar-refractivity contribution in [3.63, 3.8) is 0 Å². The molecule has 93 heavy (non-hydrogen) atoms. The number of nitrogens with two attached hydrogens (primary N) is 6. The zero-order valence-electron chi connectivity index (χ0n) is 53.3. The Kier molecular flexibility index (Phi) is 37.2. The van der Waals surface area contributed by atoms with Crippen LogP contribution in [0.1, 0.15) is 107 Å². The molecule has 0 aromatic heterocycles. The second-order valence-electron chi connectivity index (χ2n) is 22.7. The van der Waals surface area contributed by atoms with E-state index in [1.165, 1.54) is 13.8 Å². The van der Waals surface area contributed by atoms with Crippen LogP contribution in [0.25, 0.3) is 11.1 Å². The minimum atomic E-state index is -1.68.